The number of carbonyl (C=O) groups is 1. The van der Waals surface area contributed by atoms with Gasteiger partial charge in [0.15, 0.2) is 0 Å². The van der Waals surface area contributed by atoms with Crippen LogP contribution in [0.4, 0.5) is 5.69 Å². The summed E-state index contributed by atoms with van der Waals surface area (Å²) >= 11 is 0. The van der Waals surface area contributed by atoms with E-state index in [4.69, 9.17) is 9.47 Å². The van der Waals surface area contributed by atoms with Gasteiger partial charge < -0.3 is 14.4 Å². The fourth-order valence-corrected chi connectivity index (χ4v) is 2.79. The molecule has 6 nitrogen and oxygen atoms in total. The minimum Gasteiger partial charge on any atom is -0.497 e. The van der Waals surface area contributed by atoms with Gasteiger partial charge in [-0.05, 0) is 18.9 Å². The van der Waals surface area contributed by atoms with Crippen molar-refractivity contribution in [3.63, 3.8) is 0 Å². The van der Waals surface area contributed by atoms with Crippen LogP contribution in [0.2, 0.25) is 0 Å². The third kappa shape index (κ3) is 2.70. The predicted molar refractivity (Wildman–Crippen MR) is 75.7 cm³/mol. The average Bonchev–Trinajstić information content (AvgIpc) is 2.82. The zero-order valence-electron chi connectivity index (χ0n) is 12.1. The van der Waals surface area contributed by atoms with E-state index in [-0.39, 0.29) is 5.91 Å². The van der Waals surface area contributed by atoms with Crippen molar-refractivity contribution < 1.29 is 19.0 Å². The lowest BCUT2D eigenvalue weighted by Gasteiger charge is -2.26. The fraction of sp³-hybridized carbons (Fsp3) is 0.533. The molecule has 2 heterocycles. The number of carbonyl (C=O) groups excluding carboxylic acids is 1. The summed E-state index contributed by atoms with van der Waals surface area (Å²) in [5.74, 6) is 1.38. The van der Waals surface area contributed by atoms with E-state index in [1.165, 1.54) is 0 Å². The molecule has 3 rings (SSSR count). The summed E-state index contributed by atoms with van der Waals surface area (Å²) in [6.07, 6.45) is 2.56. The van der Waals surface area contributed by atoms with Crippen LogP contribution in [0.3, 0.4) is 0 Å². The van der Waals surface area contributed by atoms with Crippen molar-refractivity contribution in [2.75, 3.05) is 20.2 Å². The Hall–Kier alpha value is -2.11. The molecule has 0 saturated carbocycles. The van der Waals surface area contributed by atoms with Crippen molar-refractivity contribution in [1.29, 1.82) is 0 Å². The van der Waals surface area contributed by atoms with Gasteiger partial charge in [0.05, 0.1) is 18.3 Å². The molecule has 0 radical (unpaired) electrons. The molecule has 0 bridgehead atoms. The molecule has 1 amide bonds. The number of nitrogens with zero attached hydrogens (tertiary/aromatic N) is 2. The van der Waals surface area contributed by atoms with Gasteiger partial charge in [-0.2, -0.15) is 0 Å². The first-order chi connectivity index (χ1) is 10.2. The second-order valence-electron chi connectivity index (χ2n) is 5.36. The third-order valence-corrected chi connectivity index (χ3v) is 4.00. The zero-order valence-corrected chi connectivity index (χ0v) is 12.1. The van der Waals surface area contributed by atoms with Gasteiger partial charge in [-0.15, -0.1) is 0 Å². The Balaban J connectivity index is 1.63. The molecule has 2 aliphatic heterocycles. The Bertz CT molecular complexity index is 573. The van der Waals surface area contributed by atoms with Crippen molar-refractivity contribution in [3.05, 3.63) is 23.1 Å². The van der Waals surface area contributed by atoms with Crippen LogP contribution in [-0.2, 0) is 4.79 Å². The Morgan fingerprint density at radius 1 is 1.43 bits per heavy atom. The van der Waals surface area contributed by atoms with Crippen molar-refractivity contribution in [2.45, 2.75) is 31.9 Å². The first-order valence-corrected chi connectivity index (χ1v) is 7.28. The summed E-state index contributed by atoms with van der Waals surface area (Å²) in [5, 5.41) is 0. The van der Waals surface area contributed by atoms with Gasteiger partial charge >= 0.3 is 11.9 Å². The maximum atomic E-state index is 12.2. The van der Waals surface area contributed by atoms with Gasteiger partial charge in [0.1, 0.15) is 5.75 Å². The molecule has 6 heteroatoms. The number of ether oxygens (including phenoxy) is 2. The van der Waals surface area contributed by atoms with Crippen LogP contribution in [0.15, 0.2) is 18.2 Å². The van der Waals surface area contributed by atoms with Gasteiger partial charge in [0.2, 0.25) is 11.7 Å². The number of nitroso groups, excluding NO2 is 1. The van der Waals surface area contributed by atoms with Gasteiger partial charge in [0.25, 0.3) is 0 Å². The number of hydrogen-bond acceptors (Lipinski definition) is 4. The average molecular weight is 291 g/mol. The molecule has 0 spiro atoms. The van der Waals surface area contributed by atoms with Gasteiger partial charge in [-0.3, -0.25) is 4.79 Å². The van der Waals surface area contributed by atoms with Crippen LogP contribution < -0.4 is 9.47 Å². The monoisotopic (exact) mass is 291 g/mol. The fourth-order valence-electron chi connectivity index (χ4n) is 2.79. The molecule has 112 valence electrons. The predicted octanol–water partition coefficient (Wildman–Crippen LogP) is 2.23. The van der Waals surface area contributed by atoms with Crippen LogP contribution in [0.1, 0.15) is 25.7 Å². The molecule has 0 N–H and O–H groups in total. The molecule has 1 aromatic carbocycles. The number of fused-ring (bicyclic) bond motifs is 1. The Morgan fingerprint density at radius 2 is 2.29 bits per heavy atom. The third-order valence-electron chi connectivity index (χ3n) is 4.00. The quantitative estimate of drug-likeness (QED) is 0.798. The van der Waals surface area contributed by atoms with E-state index in [0.717, 1.165) is 24.1 Å². The van der Waals surface area contributed by atoms with Crippen LogP contribution in [0.25, 0.3) is 0 Å². The molecule has 1 saturated heterocycles. The zero-order chi connectivity index (χ0) is 14.8. The lowest BCUT2D eigenvalue weighted by Crippen LogP contribution is -2.38. The molecule has 2 aliphatic rings. The summed E-state index contributed by atoms with van der Waals surface area (Å²) in [5.41, 5.74) is 0.519. The second kappa shape index (κ2) is 5.71. The Kier molecular flexibility index (Phi) is 3.77. The lowest BCUT2D eigenvalue weighted by molar-refractivity contribution is -0.529. The largest absolute Gasteiger partial charge is 0.497 e. The second-order valence-corrected chi connectivity index (χ2v) is 5.36. The van der Waals surface area contributed by atoms with E-state index in [1.807, 2.05) is 4.90 Å². The van der Waals surface area contributed by atoms with Gasteiger partial charge in [0, 0.05) is 36.6 Å². The highest BCUT2D eigenvalue weighted by atomic mass is 16.5. The van der Waals surface area contributed by atoms with E-state index in [2.05, 4.69) is 0 Å². The minimum atomic E-state index is -0.568. The minimum absolute atomic E-state index is 0.177. The summed E-state index contributed by atoms with van der Waals surface area (Å²) in [6.45, 7) is 1.35. The highest BCUT2D eigenvalue weighted by Gasteiger charge is 2.41. The van der Waals surface area contributed by atoms with Crippen LogP contribution in [-0.4, -0.2) is 42.0 Å². The Labute approximate surface area is 123 Å². The van der Waals surface area contributed by atoms with Crippen molar-refractivity contribution in [3.8, 4) is 11.5 Å². The standard InChI is InChI=1S/C15H19N2O4/c1-20-11-5-6-12-13(10-11)21-15(17(12)19)7-9-16-8-3-2-4-14(16)18/h5-6,10,15H,2-4,7-9H2,1H3/q+1. The number of hydrogen-bond donors (Lipinski definition) is 0. The summed E-state index contributed by atoms with van der Waals surface area (Å²) in [6, 6.07) is 5.16. The maximum Gasteiger partial charge on any atom is 0.352 e. The first-order valence-electron chi connectivity index (χ1n) is 7.28. The molecule has 1 aromatic rings. The van der Waals surface area contributed by atoms with E-state index in [1.54, 1.807) is 25.3 Å². The van der Waals surface area contributed by atoms with E-state index >= 15 is 0 Å². The van der Waals surface area contributed by atoms with E-state index in [9.17, 15) is 9.70 Å². The van der Waals surface area contributed by atoms with Crippen LogP contribution in [0.5, 0.6) is 11.5 Å². The number of likely N-dealkylation sites (tertiary alicyclic amines) is 1. The number of piperidine rings is 1. The number of benzene rings is 1. The smallest absolute Gasteiger partial charge is 0.352 e. The van der Waals surface area contributed by atoms with E-state index < -0.39 is 6.23 Å². The van der Waals surface area contributed by atoms with Gasteiger partial charge in [-0.1, -0.05) is 0 Å². The molecule has 0 aromatic heterocycles. The Morgan fingerprint density at radius 3 is 3.05 bits per heavy atom. The molecular formula is C15H19N2O4+. The molecule has 1 unspecified atom stereocenters. The highest BCUT2D eigenvalue weighted by Crippen LogP contribution is 2.38. The maximum absolute atomic E-state index is 12.2. The van der Waals surface area contributed by atoms with Crippen molar-refractivity contribution in [1.82, 2.24) is 4.90 Å². The molecule has 1 atom stereocenters. The van der Waals surface area contributed by atoms with E-state index in [0.29, 0.717) is 36.6 Å². The molecular weight excluding hydrogens is 272 g/mol. The molecule has 0 aliphatic carbocycles. The SMILES string of the molecule is COc1ccc2c(c1)OC(CCN1CCCCC1=O)[N+]2=O. The number of methoxy groups -OCH3 is 1. The lowest BCUT2D eigenvalue weighted by atomic mass is 10.1. The van der Waals surface area contributed by atoms with Crippen LogP contribution in [0, 0.1) is 4.91 Å². The topological polar surface area (TPSA) is 58.9 Å². The molecule has 21 heavy (non-hydrogen) atoms. The van der Waals surface area contributed by atoms with Gasteiger partial charge in [-0.25, -0.2) is 0 Å². The van der Waals surface area contributed by atoms with Crippen molar-refractivity contribution >= 4 is 11.6 Å². The molecule has 1 fully saturated rings. The van der Waals surface area contributed by atoms with Crippen LogP contribution >= 0.6 is 0 Å². The highest BCUT2D eigenvalue weighted by molar-refractivity contribution is 5.76. The summed E-state index contributed by atoms with van der Waals surface area (Å²) < 4.78 is 11.7. The summed E-state index contributed by atoms with van der Waals surface area (Å²) in [4.78, 5) is 25.8. The summed E-state index contributed by atoms with van der Waals surface area (Å²) in [7, 11) is 1.57. The van der Waals surface area contributed by atoms with Crippen molar-refractivity contribution in [2.24, 2.45) is 0 Å². The number of rotatable bonds is 4. The first kappa shape index (κ1) is 13.9. The normalized spacial score (nSPS) is 21.2. The number of amides is 1.